The van der Waals surface area contributed by atoms with Crippen LogP contribution in [0.5, 0.6) is 5.75 Å². The predicted octanol–water partition coefficient (Wildman–Crippen LogP) is 4.78. The Bertz CT molecular complexity index is 1120. The van der Waals surface area contributed by atoms with Gasteiger partial charge in [-0.15, -0.1) is 0 Å². The number of halogens is 1. The number of nitrogens with one attached hydrogen (secondary N) is 1. The number of benzene rings is 2. The molecule has 1 aromatic heterocycles. The fraction of sp³-hybridized carbons (Fsp3) is 0.292. The second kappa shape index (κ2) is 9.12. The van der Waals surface area contributed by atoms with Crippen molar-refractivity contribution < 1.29 is 23.8 Å². The van der Waals surface area contributed by atoms with Crippen LogP contribution in [0.4, 0.5) is 10.1 Å². The molecule has 2 N–H and O–H groups in total. The Kier molecular flexibility index (Phi) is 6.11. The fourth-order valence-corrected chi connectivity index (χ4v) is 3.99. The van der Waals surface area contributed by atoms with E-state index in [1.165, 1.54) is 12.1 Å². The first-order chi connectivity index (χ1) is 15.0. The average Bonchev–Trinajstić information content (AvgIpc) is 3.21. The van der Waals surface area contributed by atoms with Crippen LogP contribution in [0.25, 0.3) is 10.9 Å². The zero-order chi connectivity index (χ0) is 21.8. The number of pyridine rings is 1. The molecule has 1 fully saturated rings. The molecule has 4 rings (SSSR count). The number of rotatable bonds is 7. The highest BCUT2D eigenvalue weighted by atomic mass is 19.1. The number of hydrogen-bond donors (Lipinski definition) is 2. The molecular formula is C24H23FN2O4. The fourth-order valence-electron chi connectivity index (χ4n) is 3.99. The largest absolute Gasteiger partial charge is 0.487 e. The minimum absolute atomic E-state index is 0.101. The Hall–Kier alpha value is -3.48. The predicted molar refractivity (Wildman–Crippen MR) is 114 cm³/mol. The summed E-state index contributed by atoms with van der Waals surface area (Å²) in [6.45, 7) is 0.211. The van der Waals surface area contributed by atoms with Crippen molar-refractivity contribution in [1.82, 2.24) is 4.98 Å². The minimum atomic E-state index is -0.779. The summed E-state index contributed by atoms with van der Waals surface area (Å²) >= 11 is 0. The second-order valence-corrected chi connectivity index (χ2v) is 7.92. The third-order valence-corrected chi connectivity index (χ3v) is 5.58. The van der Waals surface area contributed by atoms with E-state index in [2.05, 4.69) is 10.3 Å². The number of ether oxygens (including phenoxy) is 1. The maximum atomic E-state index is 13.4. The van der Waals surface area contributed by atoms with Crippen LogP contribution in [0.3, 0.4) is 0 Å². The molecule has 31 heavy (non-hydrogen) atoms. The minimum Gasteiger partial charge on any atom is -0.487 e. The number of carbonyl (C=O) groups excluding carboxylic acids is 1. The molecule has 2 unspecified atom stereocenters. The van der Waals surface area contributed by atoms with E-state index in [1.54, 1.807) is 30.3 Å². The van der Waals surface area contributed by atoms with Crippen molar-refractivity contribution in [2.24, 2.45) is 11.8 Å². The summed E-state index contributed by atoms with van der Waals surface area (Å²) in [7, 11) is 0. The van der Waals surface area contributed by atoms with Crippen molar-refractivity contribution in [2.45, 2.75) is 32.3 Å². The number of nitrogens with zero attached hydrogens (tertiary/aromatic N) is 1. The van der Waals surface area contributed by atoms with Gasteiger partial charge in [0.25, 0.3) is 0 Å². The highest BCUT2D eigenvalue weighted by molar-refractivity contribution is 5.91. The smallest absolute Gasteiger partial charge is 0.306 e. The topological polar surface area (TPSA) is 88.5 Å². The van der Waals surface area contributed by atoms with Crippen molar-refractivity contribution in [3.8, 4) is 5.75 Å². The SMILES string of the molecule is O=C(CC1CCC(C(=O)O)C1)Nc1cccc(OCc2ccc3ccc(F)cc3n2)c1. The van der Waals surface area contributed by atoms with E-state index in [0.29, 0.717) is 41.9 Å². The molecule has 1 heterocycles. The number of carboxylic acids is 1. The molecule has 160 valence electrons. The summed E-state index contributed by atoms with van der Waals surface area (Å²) in [5, 5.41) is 12.8. The molecule has 0 bridgehead atoms. The molecule has 2 aromatic carbocycles. The molecule has 7 heteroatoms. The van der Waals surface area contributed by atoms with Gasteiger partial charge < -0.3 is 15.2 Å². The Morgan fingerprint density at radius 2 is 1.97 bits per heavy atom. The lowest BCUT2D eigenvalue weighted by atomic mass is 10.0. The van der Waals surface area contributed by atoms with Crippen molar-refractivity contribution in [3.05, 3.63) is 66.1 Å². The van der Waals surface area contributed by atoms with Gasteiger partial charge in [-0.3, -0.25) is 9.59 Å². The lowest BCUT2D eigenvalue weighted by molar-refractivity contribution is -0.141. The number of aliphatic carboxylic acids is 1. The number of fused-ring (bicyclic) bond motifs is 1. The van der Waals surface area contributed by atoms with Gasteiger partial charge in [0.1, 0.15) is 18.2 Å². The summed E-state index contributed by atoms with van der Waals surface area (Å²) in [5.74, 6) is -0.910. The normalized spacial score (nSPS) is 18.1. The van der Waals surface area contributed by atoms with E-state index in [4.69, 9.17) is 9.84 Å². The van der Waals surface area contributed by atoms with E-state index in [9.17, 15) is 14.0 Å². The first kappa shape index (κ1) is 20.8. The lowest BCUT2D eigenvalue weighted by Gasteiger charge is -2.12. The Labute approximate surface area is 179 Å². The van der Waals surface area contributed by atoms with Crippen LogP contribution in [-0.2, 0) is 16.2 Å². The molecule has 2 atom stereocenters. The van der Waals surface area contributed by atoms with Crippen molar-refractivity contribution in [1.29, 1.82) is 0 Å². The third-order valence-electron chi connectivity index (χ3n) is 5.58. The van der Waals surface area contributed by atoms with Gasteiger partial charge in [0.05, 0.1) is 17.1 Å². The van der Waals surface area contributed by atoms with Crippen molar-refractivity contribution in [3.63, 3.8) is 0 Å². The van der Waals surface area contributed by atoms with Gasteiger partial charge in [0.15, 0.2) is 0 Å². The molecule has 0 spiro atoms. The summed E-state index contributed by atoms with van der Waals surface area (Å²) in [6.07, 6.45) is 2.25. The molecule has 1 aliphatic carbocycles. The number of anilines is 1. The summed E-state index contributed by atoms with van der Waals surface area (Å²) in [6, 6.07) is 15.2. The van der Waals surface area contributed by atoms with Crippen LogP contribution in [0, 0.1) is 17.7 Å². The van der Waals surface area contributed by atoms with Gasteiger partial charge in [-0.25, -0.2) is 9.37 Å². The molecule has 3 aromatic rings. The third kappa shape index (κ3) is 5.36. The Morgan fingerprint density at radius 1 is 1.13 bits per heavy atom. The van der Waals surface area contributed by atoms with Crippen LogP contribution in [-0.4, -0.2) is 22.0 Å². The van der Waals surface area contributed by atoms with Crippen LogP contribution in [0.2, 0.25) is 0 Å². The van der Waals surface area contributed by atoms with Crippen LogP contribution >= 0.6 is 0 Å². The van der Waals surface area contributed by atoms with Crippen molar-refractivity contribution in [2.75, 3.05) is 5.32 Å². The molecule has 0 radical (unpaired) electrons. The molecule has 6 nitrogen and oxygen atoms in total. The monoisotopic (exact) mass is 422 g/mol. The van der Waals surface area contributed by atoms with Crippen LogP contribution < -0.4 is 10.1 Å². The second-order valence-electron chi connectivity index (χ2n) is 7.92. The van der Waals surface area contributed by atoms with Crippen molar-refractivity contribution >= 4 is 28.5 Å². The van der Waals surface area contributed by atoms with Gasteiger partial charge in [-0.2, -0.15) is 0 Å². The summed E-state index contributed by atoms with van der Waals surface area (Å²) < 4.78 is 19.2. The standard InChI is InChI=1S/C24H23FN2O4/c25-18-8-6-16-7-9-20(26-22(16)12-18)14-31-21-3-1-2-19(13-21)27-23(28)11-15-4-5-17(10-15)24(29)30/h1-3,6-9,12-13,15,17H,4-5,10-11,14H2,(H,27,28)(H,29,30). The van der Waals surface area contributed by atoms with Gasteiger partial charge in [-0.1, -0.05) is 12.1 Å². The van der Waals surface area contributed by atoms with E-state index >= 15 is 0 Å². The lowest BCUT2D eigenvalue weighted by Crippen LogP contribution is -2.16. The molecule has 1 amide bonds. The Balaban J connectivity index is 1.33. The first-order valence-corrected chi connectivity index (χ1v) is 10.3. The van der Waals surface area contributed by atoms with Gasteiger partial charge >= 0.3 is 5.97 Å². The van der Waals surface area contributed by atoms with E-state index in [-0.39, 0.29) is 30.2 Å². The highest BCUT2D eigenvalue weighted by Gasteiger charge is 2.30. The average molecular weight is 422 g/mol. The number of hydrogen-bond acceptors (Lipinski definition) is 4. The van der Waals surface area contributed by atoms with Crippen LogP contribution in [0.1, 0.15) is 31.4 Å². The van der Waals surface area contributed by atoms with Gasteiger partial charge in [0.2, 0.25) is 5.91 Å². The highest BCUT2D eigenvalue weighted by Crippen LogP contribution is 2.33. The Morgan fingerprint density at radius 3 is 2.77 bits per heavy atom. The molecule has 1 saturated carbocycles. The molecule has 0 saturated heterocycles. The van der Waals surface area contributed by atoms with E-state index in [0.717, 1.165) is 11.8 Å². The van der Waals surface area contributed by atoms with E-state index in [1.807, 2.05) is 12.1 Å². The zero-order valence-electron chi connectivity index (χ0n) is 16.9. The number of carbonyl (C=O) groups is 2. The maximum Gasteiger partial charge on any atom is 0.306 e. The molecule has 0 aliphatic heterocycles. The number of amides is 1. The quantitative estimate of drug-likeness (QED) is 0.572. The van der Waals surface area contributed by atoms with E-state index < -0.39 is 5.97 Å². The summed E-state index contributed by atoms with van der Waals surface area (Å²) in [4.78, 5) is 27.8. The number of carboxylic acid groups (broad SMARTS) is 1. The molecule has 1 aliphatic rings. The van der Waals surface area contributed by atoms with Crippen LogP contribution in [0.15, 0.2) is 54.6 Å². The number of aromatic nitrogens is 1. The van der Waals surface area contributed by atoms with Gasteiger partial charge in [0, 0.05) is 29.6 Å². The maximum absolute atomic E-state index is 13.4. The zero-order valence-corrected chi connectivity index (χ0v) is 16.9. The van der Waals surface area contributed by atoms with Gasteiger partial charge in [-0.05, 0) is 55.5 Å². The summed E-state index contributed by atoms with van der Waals surface area (Å²) in [5.41, 5.74) is 1.85. The first-order valence-electron chi connectivity index (χ1n) is 10.3. The molecular weight excluding hydrogens is 399 g/mol.